The number of rotatable bonds is 4. The summed E-state index contributed by atoms with van der Waals surface area (Å²) in [6.45, 7) is 11.2. The Balaban J connectivity index is 2.28. The number of carbonyl (C=O) groups excluding carboxylic acids is 1. The summed E-state index contributed by atoms with van der Waals surface area (Å²) in [6.07, 6.45) is 0.476. The van der Waals surface area contributed by atoms with Gasteiger partial charge in [0.1, 0.15) is 0 Å². The molecule has 0 bridgehead atoms. The van der Waals surface area contributed by atoms with Crippen molar-refractivity contribution in [1.82, 2.24) is 9.80 Å². The molecule has 1 amide bonds. The molecule has 0 spiro atoms. The van der Waals surface area contributed by atoms with Crippen LogP contribution in [0.2, 0.25) is 0 Å². The molecular weight excluding hydrogens is 202 g/mol. The van der Waals surface area contributed by atoms with Crippen molar-refractivity contribution in [1.29, 1.82) is 0 Å². The van der Waals surface area contributed by atoms with Crippen LogP contribution in [0.15, 0.2) is 0 Å². The first-order valence-electron chi connectivity index (χ1n) is 6.24. The van der Waals surface area contributed by atoms with Crippen molar-refractivity contribution in [2.24, 2.45) is 11.7 Å². The van der Waals surface area contributed by atoms with Gasteiger partial charge in [-0.2, -0.15) is 0 Å². The number of amides is 1. The van der Waals surface area contributed by atoms with E-state index in [-0.39, 0.29) is 11.9 Å². The molecule has 1 saturated heterocycles. The Morgan fingerprint density at radius 3 is 2.19 bits per heavy atom. The van der Waals surface area contributed by atoms with E-state index in [0.717, 1.165) is 32.7 Å². The van der Waals surface area contributed by atoms with Gasteiger partial charge < -0.3 is 10.6 Å². The fourth-order valence-electron chi connectivity index (χ4n) is 2.10. The molecule has 4 heteroatoms. The monoisotopic (exact) mass is 227 g/mol. The van der Waals surface area contributed by atoms with E-state index in [1.54, 1.807) is 0 Å². The lowest BCUT2D eigenvalue weighted by Gasteiger charge is -2.35. The fraction of sp³-hybridized carbons (Fsp3) is 0.917. The molecule has 1 fully saturated rings. The SMILES string of the molecule is CC(C)CN1CCN(C(=O)CC(C)N)CC1. The third-order valence-electron chi connectivity index (χ3n) is 2.84. The van der Waals surface area contributed by atoms with Crippen LogP contribution in [0, 0.1) is 5.92 Å². The predicted octanol–water partition coefficient (Wildman–Crippen LogP) is 0.524. The smallest absolute Gasteiger partial charge is 0.224 e. The molecule has 1 atom stereocenters. The highest BCUT2D eigenvalue weighted by Crippen LogP contribution is 2.07. The number of nitrogens with two attached hydrogens (primary N) is 1. The Hall–Kier alpha value is -0.610. The Kier molecular flexibility index (Phi) is 5.22. The van der Waals surface area contributed by atoms with Crippen LogP contribution in [0.1, 0.15) is 27.2 Å². The summed E-state index contributed by atoms with van der Waals surface area (Å²) < 4.78 is 0. The fourth-order valence-corrected chi connectivity index (χ4v) is 2.10. The van der Waals surface area contributed by atoms with Gasteiger partial charge >= 0.3 is 0 Å². The maximum absolute atomic E-state index is 11.8. The van der Waals surface area contributed by atoms with Crippen molar-refractivity contribution in [2.45, 2.75) is 33.2 Å². The van der Waals surface area contributed by atoms with Gasteiger partial charge in [-0.3, -0.25) is 9.69 Å². The topological polar surface area (TPSA) is 49.6 Å². The van der Waals surface area contributed by atoms with Gasteiger partial charge in [-0.05, 0) is 12.8 Å². The molecule has 0 aromatic rings. The van der Waals surface area contributed by atoms with Gasteiger partial charge in [-0.25, -0.2) is 0 Å². The van der Waals surface area contributed by atoms with Gasteiger partial charge in [0.2, 0.25) is 5.91 Å². The highest BCUT2D eigenvalue weighted by Gasteiger charge is 2.21. The van der Waals surface area contributed by atoms with Crippen LogP contribution in [0.5, 0.6) is 0 Å². The normalized spacial score (nSPS) is 20.2. The highest BCUT2D eigenvalue weighted by atomic mass is 16.2. The summed E-state index contributed by atoms with van der Waals surface area (Å²) in [5.41, 5.74) is 5.64. The molecule has 1 aliphatic heterocycles. The second kappa shape index (κ2) is 6.21. The summed E-state index contributed by atoms with van der Waals surface area (Å²) in [5.74, 6) is 0.908. The molecule has 0 aromatic heterocycles. The molecule has 1 aliphatic rings. The Bertz CT molecular complexity index is 220. The van der Waals surface area contributed by atoms with E-state index in [2.05, 4.69) is 18.7 Å². The van der Waals surface area contributed by atoms with E-state index < -0.39 is 0 Å². The maximum Gasteiger partial charge on any atom is 0.224 e. The van der Waals surface area contributed by atoms with Crippen LogP contribution in [0.3, 0.4) is 0 Å². The second-order valence-electron chi connectivity index (χ2n) is 5.26. The molecule has 4 nitrogen and oxygen atoms in total. The minimum Gasteiger partial charge on any atom is -0.340 e. The lowest BCUT2D eigenvalue weighted by molar-refractivity contribution is -0.133. The minimum absolute atomic E-state index is 0.0267. The second-order valence-corrected chi connectivity index (χ2v) is 5.26. The summed E-state index contributed by atoms with van der Waals surface area (Å²) in [7, 11) is 0. The van der Waals surface area contributed by atoms with Crippen LogP contribution < -0.4 is 5.73 Å². The van der Waals surface area contributed by atoms with E-state index in [1.165, 1.54) is 0 Å². The van der Waals surface area contributed by atoms with Gasteiger partial charge in [0.25, 0.3) is 0 Å². The van der Waals surface area contributed by atoms with Gasteiger partial charge in [0.15, 0.2) is 0 Å². The van der Waals surface area contributed by atoms with Gasteiger partial charge in [0, 0.05) is 45.2 Å². The third kappa shape index (κ3) is 4.49. The summed E-state index contributed by atoms with van der Waals surface area (Å²) in [4.78, 5) is 16.1. The van der Waals surface area contributed by atoms with Crippen molar-refractivity contribution in [2.75, 3.05) is 32.7 Å². The Morgan fingerprint density at radius 1 is 1.19 bits per heavy atom. The molecule has 1 rings (SSSR count). The van der Waals surface area contributed by atoms with Gasteiger partial charge in [0.05, 0.1) is 0 Å². The number of piperazine rings is 1. The van der Waals surface area contributed by atoms with E-state index in [0.29, 0.717) is 12.3 Å². The average molecular weight is 227 g/mol. The molecule has 94 valence electrons. The molecule has 0 aliphatic carbocycles. The summed E-state index contributed by atoms with van der Waals surface area (Å²) in [6, 6.07) is -0.0267. The number of carbonyl (C=O) groups is 1. The summed E-state index contributed by atoms with van der Waals surface area (Å²) in [5, 5.41) is 0. The van der Waals surface area contributed by atoms with E-state index in [4.69, 9.17) is 5.73 Å². The van der Waals surface area contributed by atoms with Gasteiger partial charge in [-0.1, -0.05) is 13.8 Å². The number of hydrogen-bond acceptors (Lipinski definition) is 3. The van der Waals surface area contributed by atoms with Crippen LogP contribution in [0.4, 0.5) is 0 Å². The molecule has 0 saturated carbocycles. The van der Waals surface area contributed by atoms with Crippen LogP contribution in [-0.4, -0.2) is 54.5 Å². The highest BCUT2D eigenvalue weighted by molar-refractivity contribution is 5.76. The van der Waals surface area contributed by atoms with E-state index in [1.807, 2.05) is 11.8 Å². The van der Waals surface area contributed by atoms with E-state index >= 15 is 0 Å². The Morgan fingerprint density at radius 2 is 1.75 bits per heavy atom. The lowest BCUT2D eigenvalue weighted by Crippen LogP contribution is -2.50. The van der Waals surface area contributed by atoms with Crippen LogP contribution in [-0.2, 0) is 4.79 Å². The van der Waals surface area contributed by atoms with Crippen molar-refractivity contribution in [3.63, 3.8) is 0 Å². The largest absolute Gasteiger partial charge is 0.340 e. The lowest BCUT2D eigenvalue weighted by atomic mass is 10.1. The molecule has 1 heterocycles. The quantitative estimate of drug-likeness (QED) is 0.762. The van der Waals surface area contributed by atoms with E-state index in [9.17, 15) is 4.79 Å². The van der Waals surface area contributed by atoms with Crippen LogP contribution >= 0.6 is 0 Å². The molecule has 1 unspecified atom stereocenters. The molecule has 16 heavy (non-hydrogen) atoms. The number of hydrogen-bond donors (Lipinski definition) is 1. The first kappa shape index (κ1) is 13.5. The zero-order chi connectivity index (χ0) is 12.1. The predicted molar refractivity (Wildman–Crippen MR) is 66.1 cm³/mol. The first-order chi connectivity index (χ1) is 7.49. The zero-order valence-corrected chi connectivity index (χ0v) is 10.8. The van der Waals surface area contributed by atoms with Crippen molar-refractivity contribution in [3.05, 3.63) is 0 Å². The third-order valence-corrected chi connectivity index (χ3v) is 2.84. The maximum atomic E-state index is 11.8. The molecule has 2 N–H and O–H groups in total. The zero-order valence-electron chi connectivity index (χ0n) is 10.8. The Labute approximate surface area is 98.8 Å². The van der Waals surface area contributed by atoms with Crippen LogP contribution in [0.25, 0.3) is 0 Å². The van der Waals surface area contributed by atoms with Crippen molar-refractivity contribution in [3.8, 4) is 0 Å². The average Bonchev–Trinajstić information content (AvgIpc) is 2.16. The number of nitrogens with zero attached hydrogens (tertiary/aromatic N) is 2. The van der Waals surface area contributed by atoms with Gasteiger partial charge in [-0.15, -0.1) is 0 Å². The van der Waals surface area contributed by atoms with Crippen molar-refractivity contribution < 1.29 is 4.79 Å². The summed E-state index contributed by atoms with van der Waals surface area (Å²) >= 11 is 0. The molecule has 0 radical (unpaired) electrons. The first-order valence-corrected chi connectivity index (χ1v) is 6.24. The standard InChI is InChI=1S/C12H25N3O/c1-10(2)9-14-4-6-15(7-5-14)12(16)8-11(3)13/h10-11H,4-9,13H2,1-3H3. The minimum atomic E-state index is -0.0267. The molecular formula is C12H25N3O. The molecule has 0 aromatic carbocycles. The van der Waals surface area contributed by atoms with Crippen molar-refractivity contribution >= 4 is 5.91 Å².